The number of para-hydroxylation sites is 3. The first kappa shape index (κ1) is 71.1. The third-order valence-electron chi connectivity index (χ3n) is 20.8. The molecular formula is C84H95N11O11. The monoisotopic (exact) mass is 1430 g/mol. The molecule has 11 heterocycles. The molecule has 2 atom stereocenters. The number of benzene rings is 6. The number of nitrogens with one attached hydrogen (secondary N) is 5. The van der Waals surface area contributed by atoms with Crippen LogP contribution in [0, 0.1) is 0 Å². The summed E-state index contributed by atoms with van der Waals surface area (Å²) in [6, 6.07) is 48.6. The number of ether oxygens (including phenoxy) is 7. The van der Waals surface area contributed by atoms with Gasteiger partial charge in [-0.05, 0) is 187 Å². The number of aromatic amines is 3. The van der Waals surface area contributed by atoms with Crippen molar-refractivity contribution in [1.29, 1.82) is 0 Å². The van der Waals surface area contributed by atoms with Crippen LogP contribution in [0.25, 0.3) is 33.8 Å². The van der Waals surface area contributed by atoms with Crippen LogP contribution in [0.1, 0.15) is 92.7 Å². The van der Waals surface area contributed by atoms with E-state index in [0.29, 0.717) is 58.8 Å². The topological polar surface area (TPSA) is 247 Å². The van der Waals surface area contributed by atoms with Gasteiger partial charge in [0.15, 0.2) is 0 Å². The molecule has 3 aromatic heterocycles. The third kappa shape index (κ3) is 16.9. The van der Waals surface area contributed by atoms with Crippen LogP contribution in [0.3, 0.4) is 0 Å². The van der Waals surface area contributed by atoms with Crippen molar-refractivity contribution in [3.05, 3.63) is 210 Å². The molecule has 6 aromatic carbocycles. The summed E-state index contributed by atoms with van der Waals surface area (Å²) >= 11 is 0. The van der Waals surface area contributed by atoms with Gasteiger partial charge >= 0.3 is 6.09 Å². The smallest absolute Gasteiger partial charge is 0.410 e. The standard InChI is InChI=1S/C33H40N4O5.C29H34N4O3.C22H21N3O3/c1-33(2,3)42-32(39)37-12-5-7-24(11-13-37)34-25-9-10-29-23(19-25)18-22-6-4-8-27(31(22)41-29)28-20-26(21-30(38)35-28)36-14-16-40-17-15-36;1-32-10-3-5-22(9-11-32)30-23-7-8-27-21(17-23)16-20-4-2-6-25(29(20)36-27)26-18-24(19-28(34)31-26)33-12-14-35-15-13-33;23-16-4-5-20-15(11-16)10-14-2-1-3-18(22(14)28-20)19-12-17(13-21(26)24-19)25-6-8-27-9-7-25/h4,6,8-10,19-21,24,34H,5,7,11-18H2,1-3H3,(H,35,38);2,4,6-8,17-19,22,30H,3,5,9-16H2,1H3,(H,31,34);1-5,11-13H,6-10,23H2,(H,24,26). The van der Waals surface area contributed by atoms with Gasteiger partial charge in [0.1, 0.15) is 40.1 Å². The molecule has 8 aliphatic rings. The average Bonchev–Trinajstić information content (AvgIpc) is 0.815. The molecule has 0 aliphatic carbocycles. The van der Waals surface area contributed by atoms with Crippen molar-refractivity contribution in [1.82, 2.24) is 24.8 Å². The molecular weight excluding hydrogens is 1340 g/mol. The Hall–Kier alpha value is -10.5. The number of morpholine rings is 3. The highest BCUT2D eigenvalue weighted by molar-refractivity contribution is 5.78. The van der Waals surface area contributed by atoms with E-state index in [1.165, 1.54) is 24.9 Å². The zero-order valence-corrected chi connectivity index (χ0v) is 61.0. The highest BCUT2D eigenvalue weighted by Crippen LogP contribution is 2.47. The van der Waals surface area contributed by atoms with Gasteiger partial charge in [-0.3, -0.25) is 14.4 Å². The Morgan fingerprint density at radius 1 is 0.443 bits per heavy atom. The highest BCUT2D eigenvalue weighted by Gasteiger charge is 2.30. The molecule has 106 heavy (non-hydrogen) atoms. The second-order valence-corrected chi connectivity index (χ2v) is 29.7. The van der Waals surface area contributed by atoms with E-state index >= 15 is 0 Å². The molecule has 17 rings (SSSR count). The largest absolute Gasteiger partial charge is 0.456 e. The molecule has 1 amide bonds. The normalized spacial score (nSPS) is 18.4. The Morgan fingerprint density at radius 2 is 0.830 bits per heavy atom. The Kier molecular flexibility index (Phi) is 21.2. The number of hydrogen-bond donors (Lipinski definition) is 6. The maximum atomic E-state index is 12.6. The van der Waals surface area contributed by atoms with Crippen molar-refractivity contribution in [2.75, 3.05) is 143 Å². The van der Waals surface area contributed by atoms with E-state index in [4.69, 9.17) is 38.9 Å². The van der Waals surface area contributed by atoms with E-state index in [2.05, 4.69) is 107 Å². The lowest BCUT2D eigenvalue weighted by molar-refractivity contribution is 0.0256. The number of H-pyrrole nitrogens is 3. The summed E-state index contributed by atoms with van der Waals surface area (Å²) in [5.74, 6) is 4.91. The van der Waals surface area contributed by atoms with Gasteiger partial charge in [-0.2, -0.15) is 0 Å². The molecule has 9 aromatic rings. The lowest BCUT2D eigenvalue weighted by Gasteiger charge is -2.29. The second-order valence-electron chi connectivity index (χ2n) is 29.7. The van der Waals surface area contributed by atoms with Crippen molar-refractivity contribution in [3.63, 3.8) is 0 Å². The van der Waals surface area contributed by atoms with Crippen LogP contribution in [0.2, 0.25) is 0 Å². The lowest BCUT2D eigenvalue weighted by Crippen LogP contribution is -2.37. The molecule has 8 aliphatic heterocycles. The number of nitrogens with zero attached hydrogens (tertiary/aromatic N) is 5. The predicted molar refractivity (Wildman–Crippen MR) is 417 cm³/mol. The van der Waals surface area contributed by atoms with Gasteiger partial charge in [-0.1, -0.05) is 36.4 Å². The first-order valence-electron chi connectivity index (χ1n) is 37.5. The second kappa shape index (κ2) is 31.7. The highest BCUT2D eigenvalue weighted by atomic mass is 16.6. The number of pyridine rings is 3. The molecule has 0 saturated carbocycles. The first-order chi connectivity index (χ1) is 51.5. The summed E-state index contributed by atoms with van der Waals surface area (Å²) in [5, 5.41) is 7.46. The number of nitrogens with two attached hydrogens (primary N) is 1. The number of hydrogen-bond acceptors (Lipinski definition) is 18. The summed E-state index contributed by atoms with van der Waals surface area (Å²) < 4.78 is 41.2. The minimum Gasteiger partial charge on any atom is -0.456 e. The first-order valence-corrected chi connectivity index (χ1v) is 37.5. The Labute approximate surface area is 617 Å². The maximum Gasteiger partial charge on any atom is 0.410 e. The van der Waals surface area contributed by atoms with Gasteiger partial charge in [0.25, 0.3) is 0 Å². The zero-order valence-electron chi connectivity index (χ0n) is 61.0. The van der Waals surface area contributed by atoms with Crippen molar-refractivity contribution in [2.45, 2.75) is 96.2 Å². The summed E-state index contributed by atoms with van der Waals surface area (Å²) in [7, 11) is 2.21. The number of rotatable bonds is 10. The van der Waals surface area contributed by atoms with Crippen molar-refractivity contribution in [3.8, 4) is 68.3 Å². The molecule has 0 bridgehead atoms. The Bertz CT molecular complexity index is 4860. The molecule has 0 spiro atoms. The van der Waals surface area contributed by atoms with Gasteiger partial charge in [-0.25, -0.2) is 4.79 Å². The number of carbonyl (C=O) groups excluding carboxylic acids is 1. The molecule has 552 valence electrons. The van der Waals surface area contributed by atoms with Gasteiger partial charge in [0, 0.05) is 169 Å². The van der Waals surface area contributed by atoms with Crippen LogP contribution in [0.15, 0.2) is 160 Å². The average molecular weight is 1430 g/mol. The van der Waals surface area contributed by atoms with Gasteiger partial charge in [0.2, 0.25) is 16.7 Å². The quantitative estimate of drug-likeness (QED) is 0.0697. The number of carbonyl (C=O) groups is 1. The van der Waals surface area contributed by atoms with Gasteiger partial charge in [-0.15, -0.1) is 0 Å². The molecule has 22 nitrogen and oxygen atoms in total. The minimum atomic E-state index is -0.490. The van der Waals surface area contributed by atoms with Gasteiger partial charge < -0.3 is 89.0 Å². The summed E-state index contributed by atoms with van der Waals surface area (Å²) in [4.78, 5) is 70.0. The van der Waals surface area contributed by atoms with Crippen LogP contribution in [0.4, 0.5) is 38.9 Å². The van der Waals surface area contributed by atoms with E-state index < -0.39 is 5.60 Å². The van der Waals surface area contributed by atoms with E-state index in [1.807, 2.05) is 98.5 Å². The van der Waals surface area contributed by atoms with Crippen LogP contribution >= 0.6 is 0 Å². The van der Waals surface area contributed by atoms with E-state index in [1.54, 1.807) is 18.2 Å². The number of likely N-dealkylation sites (tertiary alicyclic amines) is 2. The van der Waals surface area contributed by atoms with E-state index in [9.17, 15) is 19.2 Å². The van der Waals surface area contributed by atoms with E-state index in [0.717, 1.165) is 221 Å². The van der Waals surface area contributed by atoms with Crippen LogP contribution < -0.4 is 62.0 Å². The molecule has 7 N–H and O–H groups in total. The van der Waals surface area contributed by atoms with E-state index in [-0.39, 0.29) is 28.8 Å². The Balaban J connectivity index is 0.000000130. The summed E-state index contributed by atoms with van der Waals surface area (Å²) in [6.07, 6.45) is 8.42. The van der Waals surface area contributed by atoms with Crippen LogP contribution in [-0.4, -0.2) is 161 Å². The predicted octanol–water partition coefficient (Wildman–Crippen LogP) is 13.4. The number of aromatic nitrogens is 3. The SMILES string of the molecule is CC(C)(C)OC(=O)N1CCCC(Nc2ccc3c(c2)Cc2cccc(-c4cc(N5CCOCC5)cc(=O)[nH]4)c2O3)CC1.CN1CCCC(Nc2ccc3c(c2)Cc2cccc(-c4cc(N5CCOCC5)cc(=O)[nH]4)c2O3)CC1.Nc1ccc2c(c1)Cc1cccc(-c3cc(N4CCOCC4)cc(=O)[nH]3)c1O2. The van der Waals surface area contributed by atoms with Crippen LogP contribution in [0.5, 0.6) is 34.5 Å². The summed E-state index contributed by atoms with van der Waals surface area (Å²) in [6.45, 7) is 18.1. The molecule has 22 heteroatoms. The summed E-state index contributed by atoms with van der Waals surface area (Å²) in [5.41, 5.74) is 22.3. The zero-order chi connectivity index (χ0) is 72.8. The van der Waals surface area contributed by atoms with Crippen molar-refractivity contribution >= 4 is 40.2 Å². The van der Waals surface area contributed by atoms with Crippen molar-refractivity contribution < 1.29 is 38.0 Å². The van der Waals surface area contributed by atoms with Crippen molar-refractivity contribution in [2.24, 2.45) is 0 Å². The molecule has 2 unspecified atom stereocenters. The fourth-order valence-electron chi connectivity index (χ4n) is 15.4. The minimum absolute atomic E-state index is 0.108. The maximum absolute atomic E-state index is 12.6. The fraction of sp³-hybridized carbons (Fsp3) is 0.381. The van der Waals surface area contributed by atoms with Crippen LogP contribution in [-0.2, 0) is 38.2 Å². The lowest BCUT2D eigenvalue weighted by atomic mass is 9.96. The number of anilines is 6. The van der Waals surface area contributed by atoms with Gasteiger partial charge in [0.05, 0.1) is 56.7 Å². The Morgan fingerprint density at radius 3 is 1.25 bits per heavy atom. The number of nitrogen functional groups attached to an aromatic ring is 1. The fourth-order valence-corrected chi connectivity index (χ4v) is 15.4. The molecule has 5 saturated heterocycles. The third-order valence-corrected chi connectivity index (χ3v) is 20.8. The number of fused-ring (bicyclic) bond motifs is 6. The molecule has 0 radical (unpaired) electrons. The molecule has 5 fully saturated rings. The number of amides is 1.